The molecule has 0 aliphatic heterocycles. The maximum atomic E-state index is 12.5. The van der Waals surface area contributed by atoms with Crippen LogP contribution >= 0.6 is 15.9 Å². The molecule has 0 aromatic carbocycles. The summed E-state index contributed by atoms with van der Waals surface area (Å²) in [4.78, 5) is 2.95. The summed E-state index contributed by atoms with van der Waals surface area (Å²) < 4.78 is 36.9. The Morgan fingerprint density at radius 1 is 1.54 bits per heavy atom. The van der Waals surface area contributed by atoms with Gasteiger partial charge >= 0.3 is 0 Å². The van der Waals surface area contributed by atoms with Crippen LogP contribution in [0.25, 0.3) is 0 Å². The Bertz CT molecular complexity index is 319. The number of aromatic nitrogens is 1. The zero-order valence-corrected chi connectivity index (χ0v) is 7.85. The summed E-state index contributed by atoms with van der Waals surface area (Å²) in [5.74, 6) is -2.00. The van der Waals surface area contributed by atoms with Crippen LogP contribution in [0.4, 0.5) is 13.2 Å². The minimum atomic E-state index is -2.84. The van der Waals surface area contributed by atoms with E-state index in [4.69, 9.17) is 5.11 Å². The molecule has 1 heterocycles. The molecule has 0 aliphatic carbocycles. The molecule has 0 saturated carbocycles. The van der Waals surface area contributed by atoms with Gasteiger partial charge in [-0.05, 0) is 11.6 Å². The summed E-state index contributed by atoms with van der Waals surface area (Å²) in [5.41, 5.74) is -0.568. The highest BCUT2D eigenvalue weighted by Crippen LogP contribution is 2.26. The van der Waals surface area contributed by atoms with E-state index in [1.165, 1.54) is 0 Å². The van der Waals surface area contributed by atoms with E-state index in [2.05, 4.69) is 20.9 Å². The van der Waals surface area contributed by atoms with Crippen molar-refractivity contribution in [2.24, 2.45) is 0 Å². The van der Waals surface area contributed by atoms with Crippen LogP contribution in [0.5, 0.6) is 5.75 Å². The highest BCUT2D eigenvalue weighted by molar-refractivity contribution is 9.08. The second kappa shape index (κ2) is 3.95. The Balaban J connectivity index is 3.25. The SMILES string of the molecule is Oc1cc(CBr)c(C(F)F)nc1F. The molecule has 0 unspecified atom stereocenters. The molecule has 0 saturated heterocycles. The van der Waals surface area contributed by atoms with Crippen molar-refractivity contribution < 1.29 is 18.3 Å². The van der Waals surface area contributed by atoms with Gasteiger partial charge in [-0.1, -0.05) is 15.9 Å². The topological polar surface area (TPSA) is 33.1 Å². The molecule has 1 rings (SSSR count). The number of hydrogen-bond donors (Lipinski definition) is 1. The smallest absolute Gasteiger partial charge is 0.280 e. The maximum Gasteiger partial charge on any atom is 0.280 e. The molecule has 0 aliphatic rings. The second-order valence-corrected chi connectivity index (χ2v) is 2.84. The lowest BCUT2D eigenvalue weighted by Crippen LogP contribution is -1.99. The maximum absolute atomic E-state index is 12.5. The highest BCUT2D eigenvalue weighted by atomic mass is 79.9. The van der Waals surface area contributed by atoms with Gasteiger partial charge in [-0.25, -0.2) is 13.8 Å². The molecular weight excluding hydrogens is 251 g/mol. The monoisotopic (exact) mass is 255 g/mol. The predicted octanol–water partition coefficient (Wildman–Crippen LogP) is 2.76. The molecule has 0 bridgehead atoms. The molecule has 13 heavy (non-hydrogen) atoms. The summed E-state index contributed by atoms with van der Waals surface area (Å²) in [6, 6.07) is 0.929. The van der Waals surface area contributed by atoms with Crippen LogP contribution in [0.15, 0.2) is 6.07 Å². The third kappa shape index (κ3) is 2.12. The van der Waals surface area contributed by atoms with Crippen LogP contribution < -0.4 is 0 Å². The zero-order valence-electron chi connectivity index (χ0n) is 6.27. The molecule has 0 radical (unpaired) electrons. The fourth-order valence-corrected chi connectivity index (χ4v) is 1.28. The molecule has 0 spiro atoms. The first-order valence-corrected chi connectivity index (χ1v) is 4.40. The fourth-order valence-electron chi connectivity index (χ4n) is 0.829. The first kappa shape index (κ1) is 10.3. The summed E-state index contributed by atoms with van der Waals surface area (Å²) >= 11 is 2.93. The summed E-state index contributed by atoms with van der Waals surface area (Å²) in [5, 5.41) is 8.92. The molecule has 2 nitrogen and oxygen atoms in total. The van der Waals surface area contributed by atoms with Crippen molar-refractivity contribution in [3.05, 3.63) is 23.3 Å². The molecule has 72 valence electrons. The van der Waals surface area contributed by atoms with Gasteiger partial charge < -0.3 is 5.11 Å². The molecule has 1 aromatic rings. The van der Waals surface area contributed by atoms with E-state index in [1.807, 2.05) is 0 Å². The Morgan fingerprint density at radius 3 is 2.62 bits per heavy atom. The van der Waals surface area contributed by atoms with Crippen molar-refractivity contribution in [3.63, 3.8) is 0 Å². The van der Waals surface area contributed by atoms with Gasteiger partial charge in [0.05, 0.1) is 0 Å². The minimum absolute atomic E-state index is 0.0777. The number of halogens is 4. The average Bonchev–Trinajstić information content (AvgIpc) is 2.08. The number of rotatable bonds is 2. The standard InChI is InChI=1S/C7H5BrF3NO/c8-2-3-1-4(13)7(11)12-5(3)6(9)10/h1,6,13H,2H2. The zero-order chi connectivity index (χ0) is 10.0. The Morgan fingerprint density at radius 2 is 2.15 bits per heavy atom. The number of pyridine rings is 1. The Labute approximate surface area is 80.5 Å². The Hall–Kier alpha value is -0.780. The van der Waals surface area contributed by atoms with Crippen molar-refractivity contribution in [1.82, 2.24) is 4.98 Å². The lowest BCUT2D eigenvalue weighted by atomic mass is 10.2. The molecule has 1 aromatic heterocycles. The summed E-state index contributed by atoms with van der Waals surface area (Å²) in [6.07, 6.45) is -2.84. The quantitative estimate of drug-likeness (QED) is 0.651. The normalized spacial score (nSPS) is 10.8. The number of aromatic hydroxyl groups is 1. The van der Waals surface area contributed by atoms with E-state index in [-0.39, 0.29) is 10.9 Å². The first-order chi connectivity index (χ1) is 6.06. The van der Waals surface area contributed by atoms with Gasteiger partial charge in [-0.3, -0.25) is 0 Å². The Kier molecular flexibility index (Phi) is 3.13. The van der Waals surface area contributed by atoms with Crippen LogP contribution in [0.3, 0.4) is 0 Å². The predicted molar refractivity (Wildman–Crippen MR) is 43.4 cm³/mol. The lowest BCUT2D eigenvalue weighted by Gasteiger charge is -2.05. The third-order valence-corrected chi connectivity index (χ3v) is 2.02. The van der Waals surface area contributed by atoms with Crippen molar-refractivity contribution in [2.45, 2.75) is 11.8 Å². The van der Waals surface area contributed by atoms with Crippen LogP contribution in [-0.4, -0.2) is 10.1 Å². The van der Waals surface area contributed by atoms with Gasteiger partial charge in [0.2, 0.25) is 0 Å². The molecule has 6 heteroatoms. The van der Waals surface area contributed by atoms with E-state index >= 15 is 0 Å². The second-order valence-electron chi connectivity index (χ2n) is 2.28. The molecule has 0 atom stereocenters. The van der Waals surface area contributed by atoms with Crippen molar-refractivity contribution in [2.75, 3.05) is 0 Å². The van der Waals surface area contributed by atoms with Crippen molar-refractivity contribution >= 4 is 15.9 Å². The van der Waals surface area contributed by atoms with E-state index in [9.17, 15) is 13.2 Å². The van der Waals surface area contributed by atoms with E-state index in [0.29, 0.717) is 0 Å². The van der Waals surface area contributed by atoms with Gasteiger partial charge in [0.15, 0.2) is 5.75 Å². The highest BCUT2D eigenvalue weighted by Gasteiger charge is 2.17. The number of hydrogen-bond acceptors (Lipinski definition) is 2. The minimum Gasteiger partial charge on any atom is -0.504 e. The summed E-state index contributed by atoms with van der Waals surface area (Å²) in [7, 11) is 0. The first-order valence-electron chi connectivity index (χ1n) is 3.28. The van der Waals surface area contributed by atoms with Gasteiger partial charge in [0, 0.05) is 5.33 Å². The van der Waals surface area contributed by atoms with Gasteiger partial charge in [-0.15, -0.1) is 0 Å². The van der Waals surface area contributed by atoms with Gasteiger partial charge in [-0.2, -0.15) is 4.39 Å². The van der Waals surface area contributed by atoms with Gasteiger partial charge in [0.1, 0.15) is 5.69 Å². The largest absolute Gasteiger partial charge is 0.504 e. The third-order valence-electron chi connectivity index (χ3n) is 1.42. The molecule has 0 amide bonds. The van der Waals surface area contributed by atoms with Crippen LogP contribution in [0.2, 0.25) is 0 Å². The fraction of sp³-hybridized carbons (Fsp3) is 0.286. The molecule has 1 N–H and O–H groups in total. The summed E-state index contributed by atoms with van der Waals surface area (Å²) in [6.45, 7) is 0. The molecular formula is C7H5BrF3NO. The molecule has 0 fully saturated rings. The van der Waals surface area contributed by atoms with Gasteiger partial charge in [0.25, 0.3) is 12.4 Å². The number of nitrogens with zero attached hydrogens (tertiary/aromatic N) is 1. The van der Waals surface area contributed by atoms with E-state index < -0.39 is 23.8 Å². The van der Waals surface area contributed by atoms with E-state index in [1.54, 1.807) is 0 Å². The van der Waals surface area contributed by atoms with Crippen molar-refractivity contribution in [1.29, 1.82) is 0 Å². The number of alkyl halides is 3. The van der Waals surface area contributed by atoms with Crippen molar-refractivity contribution in [3.8, 4) is 5.75 Å². The van der Waals surface area contributed by atoms with Crippen LogP contribution in [0, 0.1) is 5.95 Å². The average molecular weight is 256 g/mol. The van der Waals surface area contributed by atoms with E-state index in [0.717, 1.165) is 6.07 Å². The van der Waals surface area contributed by atoms with Crippen LogP contribution in [0.1, 0.15) is 17.7 Å². The van der Waals surface area contributed by atoms with Crippen LogP contribution in [-0.2, 0) is 5.33 Å². The lowest BCUT2D eigenvalue weighted by molar-refractivity contribution is 0.143.